The Balaban J connectivity index is 0. The Morgan fingerprint density at radius 1 is 1.50 bits per heavy atom. The molecule has 60 valence electrons. The fourth-order valence-corrected chi connectivity index (χ4v) is 0.507. The highest BCUT2D eigenvalue weighted by Crippen LogP contribution is 1.89. The highest BCUT2D eigenvalue weighted by Gasteiger charge is 1.78. The van der Waals surface area contributed by atoms with E-state index in [1.165, 1.54) is 0 Å². The summed E-state index contributed by atoms with van der Waals surface area (Å²) in [5.74, 6) is 0. The summed E-state index contributed by atoms with van der Waals surface area (Å²) in [7, 11) is 1.89. The van der Waals surface area contributed by atoms with Crippen molar-refractivity contribution in [3.8, 4) is 0 Å². The third-order valence-electron chi connectivity index (χ3n) is 0.933. The van der Waals surface area contributed by atoms with Gasteiger partial charge < -0.3 is 5.32 Å². The van der Waals surface area contributed by atoms with Crippen LogP contribution >= 0.6 is 0 Å². The Bertz CT molecular complexity index is 92.9. The molecule has 0 aliphatic carbocycles. The summed E-state index contributed by atoms with van der Waals surface area (Å²) in [4.78, 5) is 0. The monoisotopic (exact) mass is 141 g/mol. The lowest BCUT2D eigenvalue weighted by molar-refractivity contribution is 1.01. The first-order valence-corrected chi connectivity index (χ1v) is 3.85. The number of likely N-dealkylation sites (N-methyl/N-ethyl adjacent to an activating group) is 1. The molecule has 0 aromatic heterocycles. The molecule has 1 heteroatoms. The Morgan fingerprint density at radius 3 is 2.10 bits per heavy atom. The van der Waals surface area contributed by atoms with Crippen LogP contribution in [0.2, 0.25) is 0 Å². The van der Waals surface area contributed by atoms with Gasteiger partial charge in [0.05, 0.1) is 0 Å². The van der Waals surface area contributed by atoms with Crippen LogP contribution in [0.15, 0.2) is 24.4 Å². The van der Waals surface area contributed by atoms with Gasteiger partial charge in [-0.15, -0.1) is 0 Å². The Kier molecular flexibility index (Phi) is 13.4. The van der Waals surface area contributed by atoms with E-state index in [0.717, 1.165) is 12.1 Å². The molecule has 0 saturated heterocycles. The molecule has 1 N–H and O–H groups in total. The largest absolute Gasteiger partial charge is 0.388 e. The molecule has 0 aliphatic rings. The highest BCUT2D eigenvalue weighted by atomic mass is 14.8. The maximum Gasteiger partial charge on any atom is 0.0290 e. The summed E-state index contributed by atoms with van der Waals surface area (Å²) in [6.45, 7) is 9.72. The van der Waals surface area contributed by atoms with Crippen LogP contribution in [0.1, 0.15) is 27.2 Å². The van der Waals surface area contributed by atoms with Crippen LogP contribution in [0.3, 0.4) is 0 Å². The van der Waals surface area contributed by atoms with E-state index in [4.69, 9.17) is 0 Å². The van der Waals surface area contributed by atoms with E-state index in [1.807, 2.05) is 27.0 Å². The third kappa shape index (κ3) is 7.28. The average Bonchev–Trinajstić information content (AvgIpc) is 2.04. The van der Waals surface area contributed by atoms with Crippen molar-refractivity contribution < 1.29 is 0 Å². The van der Waals surface area contributed by atoms with E-state index >= 15 is 0 Å². The van der Waals surface area contributed by atoms with Gasteiger partial charge in [0.2, 0.25) is 0 Å². The minimum absolute atomic E-state index is 1.06. The number of hydrogen-bond acceptors (Lipinski definition) is 1. The second-order valence-electron chi connectivity index (χ2n) is 1.52. The van der Waals surface area contributed by atoms with Crippen molar-refractivity contribution in [2.45, 2.75) is 27.2 Å². The molecule has 0 spiro atoms. The van der Waals surface area contributed by atoms with Gasteiger partial charge in [0.15, 0.2) is 0 Å². The van der Waals surface area contributed by atoms with Crippen LogP contribution in [0.4, 0.5) is 0 Å². The molecule has 0 rings (SSSR count). The van der Waals surface area contributed by atoms with Crippen molar-refractivity contribution in [3.63, 3.8) is 0 Å². The fraction of sp³-hybridized carbons (Fsp3) is 0.556. The lowest BCUT2D eigenvalue weighted by Gasteiger charge is -1.95. The van der Waals surface area contributed by atoms with Crippen molar-refractivity contribution in [1.82, 2.24) is 5.32 Å². The zero-order valence-corrected chi connectivity index (χ0v) is 7.57. The van der Waals surface area contributed by atoms with Gasteiger partial charge in [0.1, 0.15) is 0 Å². The molecule has 10 heavy (non-hydrogen) atoms. The first kappa shape index (κ1) is 12.0. The van der Waals surface area contributed by atoms with Gasteiger partial charge in [-0.2, -0.15) is 0 Å². The van der Waals surface area contributed by atoms with Crippen molar-refractivity contribution in [2.75, 3.05) is 7.05 Å². The Hall–Kier alpha value is -0.720. The third-order valence-corrected chi connectivity index (χ3v) is 0.933. The molecule has 0 fully saturated rings. The lowest BCUT2D eigenvalue weighted by Crippen LogP contribution is -2.01. The molecule has 0 saturated carbocycles. The summed E-state index contributed by atoms with van der Waals surface area (Å²) in [5, 5.41) is 3.00. The molecule has 0 radical (unpaired) electrons. The smallest absolute Gasteiger partial charge is 0.0290 e. The molecule has 0 heterocycles. The predicted molar refractivity (Wildman–Crippen MR) is 49.0 cm³/mol. The predicted octanol–water partition coefficient (Wildman–Crippen LogP) is 2.71. The maximum absolute atomic E-state index is 3.62. The second-order valence-corrected chi connectivity index (χ2v) is 1.52. The van der Waals surface area contributed by atoms with Gasteiger partial charge in [-0.1, -0.05) is 33.4 Å². The molecular weight excluding hydrogens is 122 g/mol. The summed E-state index contributed by atoms with van der Waals surface area (Å²) < 4.78 is 0. The zero-order chi connectivity index (χ0) is 8.41. The van der Waals surface area contributed by atoms with E-state index in [9.17, 15) is 0 Å². The number of hydrogen-bond donors (Lipinski definition) is 1. The minimum Gasteiger partial charge on any atom is -0.388 e. The van der Waals surface area contributed by atoms with Gasteiger partial charge in [0.25, 0.3) is 0 Å². The molecule has 1 nitrogen and oxygen atoms in total. The van der Waals surface area contributed by atoms with Gasteiger partial charge in [-0.3, -0.25) is 0 Å². The summed E-state index contributed by atoms with van der Waals surface area (Å²) in [6.07, 6.45) is 4.96. The SMILES string of the molecule is C=C/C(=C\CC)NC.CC. The van der Waals surface area contributed by atoms with E-state index in [2.05, 4.69) is 24.9 Å². The van der Waals surface area contributed by atoms with Crippen molar-refractivity contribution >= 4 is 0 Å². The number of nitrogens with one attached hydrogen (secondary N) is 1. The maximum atomic E-state index is 3.62. The van der Waals surface area contributed by atoms with Crippen LogP contribution in [0, 0.1) is 0 Å². The van der Waals surface area contributed by atoms with Crippen molar-refractivity contribution in [2.24, 2.45) is 0 Å². The van der Waals surface area contributed by atoms with Gasteiger partial charge in [-0.05, 0) is 12.5 Å². The normalized spacial score (nSPS) is 9.40. The van der Waals surface area contributed by atoms with Crippen LogP contribution < -0.4 is 5.32 Å². The molecule has 0 aliphatic heterocycles. The second kappa shape index (κ2) is 11.1. The van der Waals surface area contributed by atoms with Crippen molar-refractivity contribution in [1.29, 1.82) is 0 Å². The molecule has 0 amide bonds. The molecule has 0 aromatic carbocycles. The van der Waals surface area contributed by atoms with Crippen LogP contribution in [0.5, 0.6) is 0 Å². The van der Waals surface area contributed by atoms with Gasteiger partial charge in [-0.25, -0.2) is 0 Å². The molecule has 0 aromatic rings. The number of allylic oxidation sites excluding steroid dienone is 2. The molecular formula is C9H19N. The van der Waals surface area contributed by atoms with E-state index < -0.39 is 0 Å². The summed E-state index contributed by atoms with van der Waals surface area (Å²) >= 11 is 0. The van der Waals surface area contributed by atoms with E-state index in [0.29, 0.717) is 0 Å². The highest BCUT2D eigenvalue weighted by molar-refractivity contribution is 5.12. The van der Waals surface area contributed by atoms with Crippen LogP contribution in [0.25, 0.3) is 0 Å². The van der Waals surface area contributed by atoms with Gasteiger partial charge >= 0.3 is 0 Å². The number of rotatable bonds is 3. The van der Waals surface area contributed by atoms with Crippen LogP contribution in [-0.4, -0.2) is 7.05 Å². The molecule has 0 atom stereocenters. The first-order chi connectivity index (χ1) is 4.85. The average molecular weight is 141 g/mol. The first-order valence-electron chi connectivity index (χ1n) is 3.85. The van der Waals surface area contributed by atoms with Crippen molar-refractivity contribution in [3.05, 3.63) is 24.4 Å². The minimum atomic E-state index is 1.06. The molecule has 0 bridgehead atoms. The quantitative estimate of drug-likeness (QED) is 0.596. The van der Waals surface area contributed by atoms with E-state index in [-0.39, 0.29) is 0 Å². The van der Waals surface area contributed by atoms with Crippen LogP contribution in [-0.2, 0) is 0 Å². The Labute approximate surface area is 64.8 Å². The van der Waals surface area contributed by atoms with Gasteiger partial charge in [0, 0.05) is 12.7 Å². The lowest BCUT2D eigenvalue weighted by atomic mass is 10.3. The van der Waals surface area contributed by atoms with E-state index in [1.54, 1.807) is 0 Å². The standard InChI is InChI=1S/C7H13N.C2H6/c1-4-6-7(5-2)8-3;1-2/h5-6,8H,2,4H2,1,3H3;1-2H3/b7-6+;. The summed E-state index contributed by atoms with van der Waals surface area (Å²) in [6, 6.07) is 0. The topological polar surface area (TPSA) is 12.0 Å². The summed E-state index contributed by atoms with van der Waals surface area (Å²) in [5.41, 5.74) is 1.10. The fourth-order valence-electron chi connectivity index (χ4n) is 0.507. The Morgan fingerprint density at radius 2 is 2.00 bits per heavy atom. The zero-order valence-electron chi connectivity index (χ0n) is 7.57. The molecule has 0 unspecified atom stereocenters.